The van der Waals surface area contributed by atoms with Gasteiger partial charge in [-0.3, -0.25) is 0 Å². The van der Waals surface area contributed by atoms with Crippen LogP contribution in [0.1, 0.15) is 39.2 Å². The van der Waals surface area contributed by atoms with Crippen LogP contribution in [-0.2, 0) is 0 Å². The predicted molar refractivity (Wildman–Crippen MR) is 83.7 cm³/mol. The van der Waals surface area contributed by atoms with Crippen molar-refractivity contribution in [3.05, 3.63) is 29.8 Å². The molecular formula is C17H28N2. The Kier molecular flexibility index (Phi) is 4.87. The van der Waals surface area contributed by atoms with E-state index in [0.29, 0.717) is 5.92 Å². The highest BCUT2D eigenvalue weighted by Gasteiger charge is 2.22. The highest BCUT2D eigenvalue weighted by atomic mass is 14.9. The minimum Gasteiger partial charge on any atom is -0.384 e. The van der Waals surface area contributed by atoms with Gasteiger partial charge in [-0.2, -0.15) is 0 Å². The van der Waals surface area contributed by atoms with Gasteiger partial charge in [0.25, 0.3) is 0 Å². The summed E-state index contributed by atoms with van der Waals surface area (Å²) < 4.78 is 0. The Labute approximate surface area is 118 Å². The van der Waals surface area contributed by atoms with Gasteiger partial charge in [0.05, 0.1) is 0 Å². The van der Waals surface area contributed by atoms with E-state index in [1.54, 1.807) is 0 Å². The minimum absolute atomic E-state index is 0.621. The molecule has 0 spiro atoms. The van der Waals surface area contributed by atoms with Gasteiger partial charge in [0, 0.05) is 24.7 Å². The van der Waals surface area contributed by atoms with Gasteiger partial charge < -0.3 is 10.6 Å². The maximum atomic E-state index is 3.69. The normalized spacial score (nSPS) is 18.2. The van der Waals surface area contributed by atoms with Crippen molar-refractivity contribution < 1.29 is 0 Å². The Morgan fingerprint density at radius 1 is 1.16 bits per heavy atom. The van der Waals surface area contributed by atoms with Crippen molar-refractivity contribution in [3.8, 4) is 0 Å². The third kappa shape index (κ3) is 3.50. The molecule has 2 nitrogen and oxygen atoms in total. The molecule has 0 saturated heterocycles. The summed E-state index contributed by atoms with van der Waals surface area (Å²) in [5, 5.41) is 7.18. The van der Waals surface area contributed by atoms with E-state index in [9.17, 15) is 0 Å². The number of hydrogen-bond acceptors (Lipinski definition) is 2. The number of nitrogens with one attached hydrogen (secondary N) is 2. The van der Waals surface area contributed by atoms with Crippen LogP contribution in [0.2, 0.25) is 0 Å². The molecule has 106 valence electrons. The highest BCUT2D eigenvalue weighted by Crippen LogP contribution is 2.30. The molecule has 0 amide bonds. The first-order chi connectivity index (χ1) is 9.09. The van der Waals surface area contributed by atoms with E-state index < -0.39 is 0 Å². The lowest BCUT2D eigenvalue weighted by molar-refractivity contribution is 0.275. The third-order valence-corrected chi connectivity index (χ3v) is 4.42. The average molecular weight is 260 g/mol. The molecule has 2 heteroatoms. The van der Waals surface area contributed by atoms with Crippen molar-refractivity contribution in [2.45, 2.75) is 33.6 Å². The lowest BCUT2D eigenvalue weighted by atomic mass is 9.85. The summed E-state index contributed by atoms with van der Waals surface area (Å²) >= 11 is 0. The standard InChI is InChI=1S/C17H28N2/c1-12(2)16(13(3)4)11-18-9-14-10-19-17-8-6-5-7-15(14)17/h5-8,12-14,16,18-19H,9-11H2,1-4H3. The zero-order valence-electron chi connectivity index (χ0n) is 12.7. The molecule has 0 aromatic heterocycles. The maximum absolute atomic E-state index is 3.69. The Morgan fingerprint density at radius 2 is 1.84 bits per heavy atom. The summed E-state index contributed by atoms with van der Waals surface area (Å²) in [5.41, 5.74) is 2.79. The molecule has 1 unspecified atom stereocenters. The van der Waals surface area contributed by atoms with E-state index >= 15 is 0 Å². The summed E-state index contributed by atoms with van der Waals surface area (Å²) in [7, 11) is 0. The maximum Gasteiger partial charge on any atom is 0.0376 e. The Balaban J connectivity index is 1.84. The molecule has 0 radical (unpaired) electrons. The molecule has 1 heterocycles. The van der Waals surface area contributed by atoms with E-state index in [-0.39, 0.29) is 0 Å². The van der Waals surface area contributed by atoms with Gasteiger partial charge in [-0.25, -0.2) is 0 Å². The second-order valence-corrected chi connectivity index (χ2v) is 6.48. The SMILES string of the molecule is CC(C)C(CNCC1CNc2ccccc21)C(C)C. The summed E-state index contributed by atoms with van der Waals surface area (Å²) in [6, 6.07) is 8.68. The zero-order chi connectivity index (χ0) is 13.8. The van der Waals surface area contributed by atoms with Crippen molar-refractivity contribution in [2.75, 3.05) is 25.0 Å². The van der Waals surface area contributed by atoms with E-state index in [1.807, 2.05) is 0 Å². The molecule has 0 aliphatic carbocycles. The molecule has 1 aliphatic heterocycles. The summed E-state index contributed by atoms with van der Waals surface area (Å²) in [5.74, 6) is 2.89. The molecule has 2 rings (SSSR count). The van der Waals surface area contributed by atoms with E-state index in [1.165, 1.54) is 11.3 Å². The molecule has 2 N–H and O–H groups in total. The number of hydrogen-bond donors (Lipinski definition) is 2. The first kappa shape index (κ1) is 14.4. The monoisotopic (exact) mass is 260 g/mol. The molecule has 1 aromatic rings. The van der Waals surface area contributed by atoms with Gasteiger partial charge in [0.2, 0.25) is 0 Å². The predicted octanol–water partition coefficient (Wildman–Crippen LogP) is 3.71. The van der Waals surface area contributed by atoms with Crippen LogP contribution in [-0.4, -0.2) is 19.6 Å². The highest BCUT2D eigenvalue weighted by molar-refractivity contribution is 5.57. The van der Waals surface area contributed by atoms with Gasteiger partial charge in [-0.15, -0.1) is 0 Å². The van der Waals surface area contributed by atoms with E-state index in [0.717, 1.165) is 37.4 Å². The van der Waals surface area contributed by atoms with Crippen LogP contribution in [0.4, 0.5) is 5.69 Å². The quantitative estimate of drug-likeness (QED) is 0.814. The Morgan fingerprint density at radius 3 is 2.53 bits per heavy atom. The summed E-state index contributed by atoms with van der Waals surface area (Å²) in [6.45, 7) is 12.6. The lowest BCUT2D eigenvalue weighted by Gasteiger charge is -2.26. The molecule has 1 aromatic carbocycles. The van der Waals surface area contributed by atoms with Gasteiger partial charge in [0.1, 0.15) is 0 Å². The van der Waals surface area contributed by atoms with Gasteiger partial charge in [0.15, 0.2) is 0 Å². The fraction of sp³-hybridized carbons (Fsp3) is 0.647. The van der Waals surface area contributed by atoms with Crippen molar-refractivity contribution in [1.29, 1.82) is 0 Å². The molecule has 1 aliphatic rings. The number of anilines is 1. The fourth-order valence-corrected chi connectivity index (χ4v) is 3.20. The third-order valence-electron chi connectivity index (χ3n) is 4.42. The molecule has 0 bridgehead atoms. The Bertz CT molecular complexity index is 390. The number of fused-ring (bicyclic) bond motifs is 1. The molecule has 0 fully saturated rings. The van der Waals surface area contributed by atoms with E-state index in [4.69, 9.17) is 0 Å². The van der Waals surface area contributed by atoms with Gasteiger partial charge >= 0.3 is 0 Å². The lowest BCUT2D eigenvalue weighted by Crippen LogP contribution is -2.32. The molecule has 1 atom stereocenters. The number of benzene rings is 1. The summed E-state index contributed by atoms with van der Waals surface area (Å²) in [6.07, 6.45) is 0. The number of para-hydroxylation sites is 1. The van der Waals surface area contributed by atoms with Crippen LogP contribution < -0.4 is 10.6 Å². The van der Waals surface area contributed by atoms with Crippen LogP contribution in [0.5, 0.6) is 0 Å². The molecule has 19 heavy (non-hydrogen) atoms. The van der Waals surface area contributed by atoms with Crippen LogP contribution >= 0.6 is 0 Å². The summed E-state index contributed by atoms with van der Waals surface area (Å²) in [4.78, 5) is 0. The number of rotatable bonds is 6. The van der Waals surface area contributed by atoms with Crippen molar-refractivity contribution >= 4 is 5.69 Å². The van der Waals surface area contributed by atoms with E-state index in [2.05, 4.69) is 62.6 Å². The molecular weight excluding hydrogens is 232 g/mol. The van der Waals surface area contributed by atoms with Crippen LogP contribution in [0, 0.1) is 17.8 Å². The van der Waals surface area contributed by atoms with Crippen LogP contribution in [0.15, 0.2) is 24.3 Å². The largest absolute Gasteiger partial charge is 0.384 e. The van der Waals surface area contributed by atoms with Gasteiger partial charge in [-0.1, -0.05) is 45.9 Å². The van der Waals surface area contributed by atoms with Crippen molar-refractivity contribution in [2.24, 2.45) is 17.8 Å². The average Bonchev–Trinajstić information content (AvgIpc) is 2.77. The smallest absolute Gasteiger partial charge is 0.0376 e. The second kappa shape index (κ2) is 6.42. The van der Waals surface area contributed by atoms with Gasteiger partial charge in [-0.05, 0) is 35.9 Å². The minimum atomic E-state index is 0.621. The zero-order valence-corrected chi connectivity index (χ0v) is 12.7. The Hall–Kier alpha value is -1.02. The van der Waals surface area contributed by atoms with Crippen molar-refractivity contribution in [1.82, 2.24) is 5.32 Å². The topological polar surface area (TPSA) is 24.1 Å². The second-order valence-electron chi connectivity index (χ2n) is 6.48. The molecule has 0 saturated carbocycles. The first-order valence-electron chi connectivity index (χ1n) is 7.63. The fourth-order valence-electron chi connectivity index (χ4n) is 3.20. The first-order valence-corrected chi connectivity index (χ1v) is 7.63. The van der Waals surface area contributed by atoms with Crippen LogP contribution in [0.25, 0.3) is 0 Å². The van der Waals surface area contributed by atoms with Crippen molar-refractivity contribution in [3.63, 3.8) is 0 Å². The van der Waals surface area contributed by atoms with Crippen LogP contribution in [0.3, 0.4) is 0 Å².